The molecule has 4 rings (SSSR count). The van der Waals surface area contributed by atoms with Crippen molar-refractivity contribution in [2.24, 2.45) is 0 Å². The first-order valence-electron chi connectivity index (χ1n) is 8.66. The Balaban J connectivity index is 1.51. The number of nitrogens with zero attached hydrogens (tertiary/aromatic N) is 2. The highest BCUT2D eigenvalue weighted by atomic mass is 35.5. The monoisotopic (exact) mass is 394 g/mol. The smallest absolute Gasteiger partial charge is 0.258 e. The van der Waals surface area contributed by atoms with Gasteiger partial charge >= 0.3 is 0 Å². The van der Waals surface area contributed by atoms with Gasteiger partial charge in [-0.05, 0) is 72.6 Å². The molecular formula is C22H16ClFN2O2. The number of ether oxygens (including phenoxy) is 1. The fourth-order valence-corrected chi connectivity index (χ4v) is 3.01. The average Bonchev–Trinajstić information content (AvgIpc) is 3.18. The van der Waals surface area contributed by atoms with E-state index in [0.717, 1.165) is 22.4 Å². The molecule has 28 heavy (non-hydrogen) atoms. The molecular weight excluding hydrogens is 379 g/mol. The number of hydrogen-bond donors (Lipinski definition) is 0. The molecule has 4 aromatic rings. The molecule has 0 N–H and O–H groups in total. The number of aryl methyl sites for hydroxylation is 1. The van der Waals surface area contributed by atoms with E-state index in [-0.39, 0.29) is 5.82 Å². The minimum atomic E-state index is -0.309. The van der Waals surface area contributed by atoms with Gasteiger partial charge in [0.1, 0.15) is 18.2 Å². The van der Waals surface area contributed by atoms with E-state index < -0.39 is 0 Å². The van der Waals surface area contributed by atoms with Gasteiger partial charge in [-0.25, -0.2) is 4.39 Å². The van der Waals surface area contributed by atoms with Crippen LogP contribution in [-0.2, 0) is 6.61 Å². The minimum Gasteiger partial charge on any atom is -0.489 e. The van der Waals surface area contributed by atoms with Crippen LogP contribution in [0.2, 0.25) is 5.02 Å². The average molecular weight is 395 g/mol. The van der Waals surface area contributed by atoms with Gasteiger partial charge in [0.25, 0.3) is 5.89 Å². The Morgan fingerprint density at radius 3 is 2.61 bits per heavy atom. The van der Waals surface area contributed by atoms with Crippen molar-refractivity contribution in [3.05, 3.63) is 88.7 Å². The van der Waals surface area contributed by atoms with Crippen molar-refractivity contribution >= 4 is 11.6 Å². The van der Waals surface area contributed by atoms with Gasteiger partial charge in [0.15, 0.2) is 0 Å². The molecule has 1 aromatic heterocycles. The quantitative estimate of drug-likeness (QED) is 0.411. The summed E-state index contributed by atoms with van der Waals surface area (Å²) in [6.07, 6.45) is 0. The summed E-state index contributed by atoms with van der Waals surface area (Å²) in [5.74, 6) is 1.28. The van der Waals surface area contributed by atoms with E-state index in [0.29, 0.717) is 28.9 Å². The lowest BCUT2D eigenvalue weighted by Crippen LogP contribution is -1.97. The van der Waals surface area contributed by atoms with Crippen LogP contribution in [0.4, 0.5) is 4.39 Å². The third-order valence-electron chi connectivity index (χ3n) is 4.23. The zero-order valence-corrected chi connectivity index (χ0v) is 15.8. The summed E-state index contributed by atoms with van der Waals surface area (Å²) in [6, 6.07) is 19.2. The normalized spacial score (nSPS) is 10.8. The Hall–Kier alpha value is -3.18. The molecule has 0 amide bonds. The molecule has 0 spiro atoms. The van der Waals surface area contributed by atoms with E-state index in [1.807, 2.05) is 43.3 Å². The lowest BCUT2D eigenvalue weighted by atomic mass is 10.1. The zero-order valence-electron chi connectivity index (χ0n) is 15.0. The number of rotatable bonds is 5. The zero-order chi connectivity index (χ0) is 19.5. The van der Waals surface area contributed by atoms with Gasteiger partial charge in [-0.2, -0.15) is 4.98 Å². The van der Waals surface area contributed by atoms with E-state index in [1.165, 1.54) is 12.1 Å². The van der Waals surface area contributed by atoms with Crippen molar-refractivity contribution in [3.63, 3.8) is 0 Å². The lowest BCUT2D eigenvalue weighted by molar-refractivity contribution is 0.304. The van der Waals surface area contributed by atoms with E-state index in [4.69, 9.17) is 20.9 Å². The maximum absolute atomic E-state index is 13.1. The fourth-order valence-electron chi connectivity index (χ4n) is 2.79. The molecule has 0 atom stereocenters. The van der Waals surface area contributed by atoms with Gasteiger partial charge in [0.2, 0.25) is 5.82 Å². The molecule has 0 fully saturated rings. The predicted molar refractivity (Wildman–Crippen MR) is 106 cm³/mol. The molecule has 1 heterocycles. The van der Waals surface area contributed by atoms with E-state index in [9.17, 15) is 4.39 Å². The van der Waals surface area contributed by atoms with Gasteiger partial charge < -0.3 is 9.26 Å². The molecule has 0 saturated carbocycles. The van der Waals surface area contributed by atoms with Crippen molar-refractivity contribution in [2.75, 3.05) is 0 Å². The first-order valence-corrected chi connectivity index (χ1v) is 9.04. The minimum absolute atomic E-state index is 0.309. The molecule has 0 bridgehead atoms. The second-order valence-electron chi connectivity index (χ2n) is 6.33. The van der Waals surface area contributed by atoms with Gasteiger partial charge in [0, 0.05) is 16.1 Å². The van der Waals surface area contributed by atoms with Crippen LogP contribution in [0.3, 0.4) is 0 Å². The number of benzene rings is 3. The summed E-state index contributed by atoms with van der Waals surface area (Å²) in [5.41, 5.74) is 3.42. The largest absolute Gasteiger partial charge is 0.489 e. The van der Waals surface area contributed by atoms with Crippen LogP contribution in [-0.4, -0.2) is 10.1 Å². The Labute approximate surface area is 166 Å². The first-order chi connectivity index (χ1) is 13.6. The van der Waals surface area contributed by atoms with Crippen LogP contribution in [0.5, 0.6) is 5.75 Å². The number of halogens is 2. The SMILES string of the molecule is Cc1cc(Cl)ccc1OCc1cccc(-c2nc(-c3ccc(F)cc3)no2)c1. The van der Waals surface area contributed by atoms with Crippen LogP contribution >= 0.6 is 11.6 Å². The van der Waals surface area contributed by atoms with Crippen molar-refractivity contribution in [3.8, 4) is 28.6 Å². The summed E-state index contributed by atoms with van der Waals surface area (Å²) in [4.78, 5) is 4.41. The Kier molecular flexibility index (Phi) is 5.08. The van der Waals surface area contributed by atoms with Crippen molar-refractivity contribution in [1.29, 1.82) is 0 Å². The second-order valence-corrected chi connectivity index (χ2v) is 6.77. The third-order valence-corrected chi connectivity index (χ3v) is 4.47. The van der Waals surface area contributed by atoms with Crippen molar-refractivity contribution in [2.45, 2.75) is 13.5 Å². The van der Waals surface area contributed by atoms with Gasteiger partial charge in [-0.15, -0.1) is 0 Å². The molecule has 0 saturated heterocycles. The molecule has 0 aliphatic rings. The third kappa shape index (κ3) is 4.05. The van der Waals surface area contributed by atoms with Crippen LogP contribution < -0.4 is 4.74 Å². The second kappa shape index (κ2) is 7.82. The van der Waals surface area contributed by atoms with Crippen molar-refractivity contribution in [1.82, 2.24) is 10.1 Å². The Bertz CT molecular complexity index is 1110. The highest BCUT2D eigenvalue weighted by molar-refractivity contribution is 6.30. The summed E-state index contributed by atoms with van der Waals surface area (Å²) in [5, 5.41) is 4.66. The maximum atomic E-state index is 13.1. The first kappa shape index (κ1) is 18.2. The number of aromatic nitrogens is 2. The Morgan fingerprint density at radius 1 is 1.00 bits per heavy atom. The topological polar surface area (TPSA) is 48.2 Å². The molecule has 3 aromatic carbocycles. The summed E-state index contributed by atoms with van der Waals surface area (Å²) < 4.78 is 24.3. The molecule has 0 aliphatic heterocycles. The highest BCUT2D eigenvalue weighted by Crippen LogP contribution is 2.25. The highest BCUT2D eigenvalue weighted by Gasteiger charge is 2.11. The van der Waals surface area contributed by atoms with Crippen molar-refractivity contribution < 1.29 is 13.7 Å². The molecule has 0 radical (unpaired) electrons. The molecule has 140 valence electrons. The summed E-state index contributed by atoms with van der Waals surface area (Å²) in [7, 11) is 0. The van der Waals surface area contributed by atoms with Crippen LogP contribution in [0.25, 0.3) is 22.8 Å². The summed E-state index contributed by atoms with van der Waals surface area (Å²) in [6.45, 7) is 2.35. The molecule has 4 nitrogen and oxygen atoms in total. The Morgan fingerprint density at radius 2 is 1.82 bits per heavy atom. The van der Waals surface area contributed by atoms with E-state index in [2.05, 4.69) is 10.1 Å². The standard InChI is InChI=1S/C22H16ClFN2O2/c1-14-11-18(23)7-10-20(14)27-13-15-3-2-4-17(12-15)22-25-21(26-28-22)16-5-8-19(24)9-6-16/h2-12H,13H2,1H3. The summed E-state index contributed by atoms with van der Waals surface area (Å²) >= 11 is 5.98. The van der Waals surface area contributed by atoms with E-state index in [1.54, 1.807) is 18.2 Å². The maximum Gasteiger partial charge on any atom is 0.258 e. The fraction of sp³-hybridized carbons (Fsp3) is 0.0909. The van der Waals surface area contributed by atoms with Gasteiger partial charge in [0.05, 0.1) is 0 Å². The molecule has 0 unspecified atom stereocenters. The van der Waals surface area contributed by atoms with Crippen LogP contribution in [0.1, 0.15) is 11.1 Å². The predicted octanol–water partition coefficient (Wildman–Crippen LogP) is 6.08. The lowest BCUT2D eigenvalue weighted by Gasteiger charge is -2.09. The molecule has 0 aliphatic carbocycles. The van der Waals surface area contributed by atoms with Crippen LogP contribution in [0, 0.1) is 12.7 Å². The molecule has 6 heteroatoms. The van der Waals surface area contributed by atoms with E-state index >= 15 is 0 Å². The number of hydrogen-bond acceptors (Lipinski definition) is 4. The van der Waals surface area contributed by atoms with Gasteiger partial charge in [-0.1, -0.05) is 28.9 Å². The van der Waals surface area contributed by atoms with Gasteiger partial charge in [-0.3, -0.25) is 0 Å². The van der Waals surface area contributed by atoms with Crippen LogP contribution in [0.15, 0.2) is 71.3 Å².